The number of Topliss-reactive ketones (excluding diaryl/α,β-unsaturated/α-hetero) is 1. The highest BCUT2D eigenvalue weighted by Crippen LogP contribution is 2.21. The minimum absolute atomic E-state index is 0.116. The summed E-state index contributed by atoms with van der Waals surface area (Å²) in [4.78, 5) is 34.3. The summed E-state index contributed by atoms with van der Waals surface area (Å²) in [6.45, 7) is 1.18. The second-order valence-electron chi connectivity index (χ2n) is 6.23. The summed E-state index contributed by atoms with van der Waals surface area (Å²) in [5, 5.41) is 0.331. The molecule has 1 saturated heterocycles. The van der Waals surface area contributed by atoms with Crippen LogP contribution in [0, 0.1) is 5.92 Å². The minimum atomic E-state index is -0.374. The summed E-state index contributed by atoms with van der Waals surface area (Å²) in [5.74, 6) is -0.0419. The molecule has 26 heavy (non-hydrogen) atoms. The maximum Gasteiger partial charge on any atom is 0.410 e. The van der Waals surface area contributed by atoms with Crippen molar-refractivity contribution in [2.45, 2.75) is 25.9 Å². The molecule has 1 aliphatic heterocycles. The number of ether oxygens (including phenoxy) is 1. The number of nitrogens with zero attached hydrogens (tertiary/aromatic N) is 3. The first-order valence-corrected chi connectivity index (χ1v) is 8.95. The molecular formula is C19H20ClN3O3. The van der Waals surface area contributed by atoms with E-state index in [1.54, 1.807) is 11.1 Å². The van der Waals surface area contributed by atoms with Crippen molar-refractivity contribution in [2.24, 2.45) is 5.92 Å². The molecule has 0 aliphatic carbocycles. The molecule has 7 heteroatoms. The van der Waals surface area contributed by atoms with Crippen LogP contribution < -0.4 is 0 Å². The van der Waals surface area contributed by atoms with Gasteiger partial charge in [-0.15, -0.1) is 0 Å². The SMILES string of the molecule is O=C(CCc1nccnc1Cl)[C@H]1CCN(C(=O)OCc2ccccc2)C1. The lowest BCUT2D eigenvalue weighted by Crippen LogP contribution is -2.30. The second-order valence-corrected chi connectivity index (χ2v) is 6.59. The summed E-state index contributed by atoms with van der Waals surface area (Å²) in [7, 11) is 0. The quantitative estimate of drug-likeness (QED) is 0.776. The van der Waals surface area contributed by atoms with Gasteiger partial charge in [-0.05, 0) is 18.4 Å². The molecule has 0 bridgehead atoms. The van der Waals surface area contributed by atoms with E-state index in [0.717, 1.165) is 5.56 Å². The van der Waals surface area contributed by atoms with E-state index < -0.39 is 0 Å². The maximum atomic E-state index is 12.4. The van der Waals surface area contributed by atoms with Gasteiger partial charge in [-0.2, -0.15) is 0 Å². The zero-order valence-electron chi connectivity index (χ0n) is 14.3. The van der Waals surface area contributed by atoms with E-state index in [9.17, 15) is 9.59 Å². The molecule has 0 saturated carbocycles. The summed E-state index contributed by atoms with van der Waals surface area (Å²) in [5.41, 5.74) is 1.56. The molecule has 1 atom stereocenters. The van der Waals surface area contributed by atoms with Gasteiger partial charge < -0.3 is 9.64 Å². The topological polar surface area (TPSA) is 72.4 Å². The van der Waals surface area contributed by atoms with Crippen LogP contribution in [0.1, 0.15) is 24.1 Å². The average Bonchev–Trinajstić information content (AvgIpc) is 3.16. The summed E-state index contributed by atoms with van der Waals surface area (Å²) < 4.78 is 5.33. The fourth-order valence-electron chi connectivity index (χ4n) is 2.96. The van der Waals surface area contributed by atoms with E-state index in [1.165, 1.54) is 6.20 Å². The fraction of sp³-hybridized carbons (Fsp3) is 0.368. The largest absolute Gasteiger partial charge is 0.445 e. The van der Waals surface area contributed by atoms with Gasteiger partial charge in [0.2, 0.25) is 0 Å². The van der Waals surface area contributed by atoms with Crippen LogP contribution in [0.15, 0.2) is 42.7 Å². The van der Waals surface area contributed by atoms with Crippen LogP contribution in [0.25, 0.3) is 0 Å². The number of ketones is 1. The Morgan fingerprint density at radius 3 is 2.73 bits per heavy atom. The van der Waals surface area contributed by atoms with Gasteiger partial charge in [-0.1, -0.05) is 41.9 Å². The van der Waals surface area contributed by atoms with E-state index in [2.05, 4.69) is 9.97 Å². The average molecular weight is 374 g/mol. The molecule has 2 heterocycles. The molecule has 0 unspecified atom stereocenters. The van der Waals surface area contributed by atoms with Crippen LogP contribution >= 0.6 is 11.6 Å². The molecule has 3 rings (SSSR count). The predicted octanol–water partition coefficient (Wildman–Crippen LogP) is 3.29. The normalized spacial score (nSPS) is 16.5. The molecule has 1 aromatic heterocycles. The lowest BCUT2D eigenvalue weighted by Gasteiger charge is -2.16. The van der Waals surface area contributed by atoms with Crippen molar-refractivity contribution < 1.29 is 14.3 Å². The Morgan fingerprint density at radius 1 is 1.19 bits per heavy atom. The number of hydrogen-bond donors (Lipinski definition) is 0. The number of hydrogen-bond acceptors (Lipinski definition) is 5. The number of rotatable bonds is 6. The van der Waals surface area contributed by atoms with Crippen molar-refractivity contribution >= 4 is 23.5 Å². The zero-order valence-corrected chi connectivity index (χ0v) is 15.1. The predicted molar refractivity (Wildman–Crippen MR) is 96.7 cm³/mol. The number of likely N-dealkylation sites (tertiary alicyclic amines) is 1. The summed E-state index contributed by atoms with van der Waals surface area (Å²) in [6.07, 6.45) is 4.17. The molecule has 6 nitrogen and oxygen atoms in total. The fourth-order valence-corrected chi connectivity index (χ4v) is 3.16. The monoisotopic (exact) mass is 373 g/mol. The lowest BCUT2D eigenvalue weighted by atomic mass is 9.99. The highest BCUT2D eigenvalue weighted by atomic mass is 35.5. The second kappa shape index (κ2) is 8.76. The third-order valence-electron chi connectivity index (χ3n) is 4.44. The van der Waals surface area contributed by atoms with Gasteiger partial charge in [0, 0.05) is 37.8 Å². The van der Waals surface area contributed by atoms with Crippen molar-refractivity contribution in [1.29, 1.82) is 0 Å². The first-order chi connectivity index (χ1) is 12.6. The van der Waals surface area contributed by atoms with Crippen molar-refractivity contribution in [1.82, 2.24) is 14.9 Å². The smallest absolute Gasteiger partial charge is 0.410 e. The highest BCUT2D eigenvalue weighted by molar-refractivity contribution is 6.30. The van der Waals surface area contributed by atoms with Crippen LogP contribution in [0.5, 0.6) is 0 Å². The van der Waals surface area contributed by atoms with Crippen molar-refractivity contribution in [3.05, 3.63) is 59.1 Å². The number of carbonyl (C=O) groups is 2. The highest BCUT2D eigenvalue weighted by Gasteiger charge is 2.31. The molecule has 0 spiro atoms. The van der Waals surface area contributed by atoms with Gasteiger partial charge in [-0.25, -0.2) is 9.78 Å². The number of amides is 1. The van der Waals surface area contributed by atoms with E-state index in [-0.39, 0.29) is 24.4 Å². The molecule has 0 radical (unpaired) electrons. The number of aromatic nitrogens is 2. The van der Waals surface area contributed by atoms with Gasteiger partial charge >= 0.3 is 6.09 Å². The number of aryl methyl sites for hydroxylation is 1. The Bertz CT molecular complexity index is 770. The molecule has 1 amide bonds. The van der Waals surface area contributed by atoms with Crippen molar-refractivity contribution in [3.8, 4) is 0 Å². The van der Waals surface area contributed by atoms with Gasteiger partial charge in [-0.3, -0.25) is 9.78 Å². The molecular weight excluding hydrogens is 354 g/mol. The van der Waals surface area contributed by atoms with E-state index >= 15 is 0 Å². The first kappa shape index (κ1) is 18.3. The van der Waals surface area contributed by atoms with Gasteiger partial charge in [0.25, 0.3) is 0 Å². The van der Waals surface area contributed by atoms with E-state index in [1.807, 2.05) is 30.3 Å². The van der Waals surface area contributed by atoms with Crippen molar-refractivity contribution in [2.75, 3.05) is 13.1 Å². The molecule has 136 valence electrons. The van der Waals surface area contributed by atoms with Gasteiger partial charge in [0.1, 0.15) is 17.5 Å². The number of carbonyl (C=O) groups excluding carboxylic acids is 2. The Labute approximate surface area is 157 Å². The molecule has 1 aromatic carbocycles. The molecule has 1 fully saturated rings. The molecule has 1 aliphatic rings. The minimum Gasteiger partial charge on any atom is -0.445 e. The van der Waals surface area contributed by atoms with Crippen LogP contribution in [-0.4, -0.2) is 39.8 Å². The Hall–Kier alpha value is -2.47. The zero-order chi connectivity index (χ0) is 18.4. The van der Waals surface area contributed by atoms with E-state index in [0.29, 0.717) is 43.2 Å². The molecule has 0 N–H and O–H groups in total. The Kier molecular flexibility index (Phi) is 6.17. The standard InChI is InChI=1S/C19H20ClN3O3/c20-18-16(21-9-10-22-18)6-7-17(24)15-8-11-23(12-15)19(25)26-13-14-4-2-1-3-5-14/h1-5,9-10,15H,6-8,11-13H2/t15-/m0/s1. The number of benzene rings is 1. The molecule has 2 aromatic rings. The Morgan fingerprint density at radius 2 is 1.96 bits per heavy atom. The first-order valence-electron chi connectivity index (χ1n) is 8.57. The van der Waals surface area contributed by atoms with Crippen molar-refractivity contribution in [3.63, 3.8) is 0 Å². The van der Waals surface area contributed by atoms with Crippen LogP contribution in [0.3, 0.4) is 0 Å². The number of halogens is 1. The van der Waals surface area contributed by atoms with Gasteiger partial charge in [0.05, 0.1) is 5.69 Å². The van der Waals surface area contributed by atoms with Crippen LogP contribution in [0.4, 0.5) is 4.79 Å². The van der Waals surface area contributed by atoms with Gasteiger partial charge in [0.15, 0.2) is 0 Å². The maximum absolute atomic E-state index is 12.4. The third-order valence-corrected chi connectivity index (χ3v) is 4.75. The van der Waals surface area contributed by atoms with Crippen LogP contribution in [0.2, 0.25) is 5.15 Å². The summed E-state index contributed by atoms with van der Waals surface area (Å²) >= 11 is 5.96. The van der Waals surface area contributed by atoms with E-state index in [4.69, 9.17) is 16.3 Å². The lowest BCUT2D eigenvalue weighted by molar-refractivity contribution is -0.122. The summed E-state index contributed by atoms with van der Waals surface area (Å²) in [6, 6.07) is 9.52. The Balaban J connectivity index is 1.44. The third kappa shape index (κ3) is 4.79. The van der Waals surface area contributed by atoms with Crippen LogP contribution in [-0.2, 0) is 22.6 Å².